The molecule has 0 aliphatic heterocycles. The van der Waals surface area contributed by atoms with Crippen molar-refractivity contribution in [3.63, 3.8) is 0 Å². The first-order valence-electron chi connectivity index (χ1n) is 7.79. The second-order valence-corrected chi connectivity index (χ2v) is 4.76. The highest BCUT2D eigenvalue weighted by Gasteiger charge is 2.15. The summed E-state index contributed by atoms with van der Waals surface area (Å²) in [5.74, 6) is -0.628. The Balaban J connectivity index is 5.75. The summed E-state index contributed by atoms with van der Waals surface area (Å²) in [7, 11) is 1.30. The number of rotatable bonds is 9. The molecule has 0 spiro atoms. The Morgan fingerprint density at radius 2 is 1.79 bits per heavy atom. The van der Waals surface area contributed by atoms with E-state index in [-0.39, 0.29) is 0 Å². The molecule has 0 aliphatic carbocycles. The maximum atomic E-state index is 12.3. The zero-order chi connectivity index (χ0) is 18.5. The molecular weight excluding hydrogens is 304 g/mol. The van der Waals surface area contributed by atoms with Crippen LogP contribution >= 0.6 is 0 Å². The van der Waals surface area contributed by atoms with Crippen molar-refractivity contribution in [2.24, 2.45) is 0 Å². The van der Waals surface area contributed by atoms with Gasteiger partial charge in [-0.3, -0.25) is 0 Å². The van der Waals surface area contributed by atoms with E-state index >= 15 is 0 Å². The predicted molar refractivity (Wildman–Crippen MR) is 97.1 cm³/mol. The van der Waals surface area contributed by atoms with Gasteiger partial charge in [0.1, 0.15) is 5.76 Å². The van der Waals surface area contributed by atoms with E-state index in [1.54, 1.807) is 24.3 Å². The first-order chi connectivity index (χ1) is 11.4. The standard InChI is InChI=1S/C20H26O4/c1-7-11-12-17(10-4)20(22)24-19(15(5)8-2)16(9-3)13-14-18(21)23-6/h7,10-14H,4-5,8-9H2,1-3,6H3/b11-7+,14-13-,17-12+,19-16+. The normalized spacial score (nSPS) is 12.9. The molecule has 0 aromatic rings. The van der Waals surface area contributed by atoms with Crippen LogP contribution in [0.4, 0.5) is 0 Å². The van der Waals surface area contributed by atoms with Gasteiger partial charge in [-0.15, -0.1) is 0 Å². The first kappa shape index (κ1) is 21.4. The number of methoxy groups -OCH3 is 1. The van der Waals surface area contributed by atoms with E-state index in [4.69, 9.17) is 4.74 Å². The lowest BCUT2D eigenvalue weighted by atomic mass is 10.1. The van der Waals surface area contributed by atoms with Crippen LogP contribution in [0.15, 0.2) is 72.1 Å². The Hall–Kier alpha value is -2.62. The van der Waals surface area contributed by atoms with Gasteiger partial charge in [0.05, 0.1) is 12.7 Å². The summed E-state index contributed by atoms with van der Waals surface area (Å²) in [6.45, 7) is 13.2. The second kappa shape index (κ2) is 11.9. The molecule has 0 unspecified atom stereocenters. The molecule has 0 amide bonds. The van der Waals surface area contributed by atoms with Crippen LogP contribution in [-0.4, -0.2) is 19.0 Å². The molecule has 0 aliphatic rings. The van der Waals surface area contributed by atoms with E-state index in [9.17, 15) is 9.59 Å². The fourth-order valence-electron chi connectivity index (χ4n) is 1.69. The van der Waals surface area contributed by atoms with Gasteiger partial charge in [-0.25, -0.2) is 9.59 Å². The number of carbonyl (C=O) groups excluding carboxylic acids is 2. The summed E-state index contributed by atoms with van der Waals surface area (Å²) < 4.78 is 10.1. The van der Waals surface area contributed by atoms with Gasteiger partial charge in [0.2, 0.25) is 0 Å². The summed E-state index contributed by atoms with van der Waals surface area (Å²) in [5.41, 5.74) is 1.70. The molecule has 4 heteroatoms. The molecule has 0 heterocycles. The van der Waals surface area contributed by atoms with E-state index in [2.05, 4.69) is 17.9 Å². The summed E-state index contributed by atoms with van der Waals surface area (Å²) in [4.78, 5) is 23.6. The maximum Gasteiger partial charge on any atom is 0.343 e. The second-order valence-electron chi connectivity index (χ2n) is 4.76. The van der Waals surface area contributed by atoms with Gasteiger partial charge in [0.15, 0.2) is 0 Å². The molecule has 0 saturated heterocycles. The maximum absolute atomic E-state index is 12.3. The lowest BCUT2D eigenvalue weighted by Gasteiger charge is -2.14. The quantitative estimate of drug-likeness (QED) is 0.269. The van der Waals surface area contributed by atoms with Crippen LogP contribution in [0.1, 0.15) is 33.6 Å². The monoisotopic (exact) mass is 330 g/mol. The van der Waals surface area contributed by atoms with Crippen molar-refractivity contribution in [1.82, 2.24) is 0 Å². The van der Waals surface area contributed by atoms with Gasteiger partial charge < -0.3 is 9.47 Å². The number of hydrogen-bond donors (Lipinski definition) is 0. The zero-order valence-corrected chi connectivity index (χ0v) is 14.9. The van der Waals surface area contributed by atoms with Crippen LogP contribution in [0.5, 0.6) is 0 Å². The number of allylic oxidation sites excluding steroid dienone is 6. The molecule has 0 saturated carbocycles. The minimum atomic E-state index is -0.523. The fraction of sp³-hybridized carbons (Fsp3) is 0.300. The summed E-state index contributed by atoms with van der Waals surface area (Å²) in [6.07, 6.45) is 10.6. The molecule has 0 aromatic heterocycles. The van der Waals surface area contributed by atoms with Crippen molar-refractivity contribution in [1.29, 1.82) is 0 Å². The molecule has 0 fully saturated rings. The van der Waals surface area contributed by atoms with Crippen LogP contribution in [-0.2, 0) is 19.1 Å². The average Bonchev–Trinajstić information content (AvgIpc) is 2.60. The Labute approximate surface area is 144 Å². The molecular formula is C20H26O4. The first-order valence-corrected chi connectivity index (χ1v) is 7.79. The minimum absolute atomic E-state index is 0.335. The zero-order valence-electron chi connectivity index (χ0n) is 14.9. The molecule has 4 nitrogen and oxygen atoms in total. The molecule has 0 bridgehead atoms. The van der Waals surface area contributed by atoms with E-state index in [0.29, 0.717) is 35.3 Å². The molecule has 24 heavy (non-hydrogen) atoms. The van der Waals surface area contributed by atoms with Crippen molar-refractivity contribution < 1.29 is 19.1 Å². The lowest BCUT2D eigenvalue weighted by molar-refractivity contribution is -0.135. The van der Waals surface area contributed by atoms with E-state index in [0.717, 1.165) is 0 Å². The van der Waals surface area contributed by atoms with Gasteiger partial charge >= 0.3 is 11.9 Å². The smallest absolute Gasteiger partial charge is 0.343 e. The van der Waals surface area contributed by atoms with Crippen molar-refractivity contribution in [2.45, 2.75) is 33.6 Å². The number of esters is 2. The molecule has 0 aromatic carbocycles. The third-order valence-electron chi connectivity index (χ3n) is 3.16. The Kier molecular flexibility index (Phi) is 10.6. The molecule has 130 valence electrons. The Bertz CT molecular complexity index is 601. The number of carbonyl (C=O) groups is 2. The minimum Gasteiger partial charge on any atom is -0.466 e. The van der Waals surface area contributed by atoms with Crippen molar-refractivity contribution >= 4 is 11.9 Å². The third-order valence-corrected chi connectivity index (χ3v) is 3.16. The van der Waals surface area contributed by atoms with Gasteiger partial charge in [-0.1, -0.05) is 45.2 Å². The van der Waals surface area contributed by atoms with E-state index in [1.165, 1.54) is 19.3 Å². The lowest BCUT2D eigenvalue weighted by Crippen LogP contribution is -2.09. The van der Waals surface area contributed by atoms with Crippen molar-refractivity contribution in [3.05, 3.63) is 72.1 Å². The van der Waals surface area contributed by atoms with Crippen LogP contribution in [0, 0.1) is 0 Å². The van der Waals surface area contributed by atoms with Gasteiger partial charge in [-0.05, 0) is 43.1 Å². The SMILES string of the molecule is C=C/C(=C\C=C\C)C(=O)O/C(C(=C)CC)=C(/C=C\C(=O)OC)CC. The fourth-order valence-corrected chi connectivity index (χ4v) is 1.69. The van der Waals surface area contributed by atoms with Gasteiger partial charge in [0, 0.05) is 6.08 Å². The number of hydrogen-bond acceptors (Lipinski definition) is 4. The summed E-state index contributed by atoms with van der Waals surface area (Å²) in [5, 5.41) is 0. The summed E-state index contributed by atoms with van der Waals surface area (Å²) in [6, 6.07) is 0. The van der Waals surface area contributed by atoms with E-state index in [1.807, 2.05) is 20.8 Å². The van der Waals surface area contributed by atoms with Crippen LogP contribution in [0.2, 0.25) is 0 Å². The Morgan fingerprint density at radius 3 is 2.25 bits per heavy atom. The number of ether oxygens (including phenoxy) is 2. The molecule has 0 atom stereocenters. The molecule has 0 rings (SSSR count). The third kappa shape index (κ3) is 7.09. The Morgan fingerprint density at radius 1 is 1.12 bits per heavy atom. The van der Waals surface area contributed by atoms with Gasteiger partial charge in [-0.2, -0.15) is 0 Å². The highest BCUT2D eigenvalue weighted by atomic mass is 16.5. The largest absolute Gasteiger partial charge is 0.466 e. The molecule has 0 N–H and O–H groups in total. The van der Waals surface area contributed by atoms with Crippen LogP contribution < -0.4 is 0 Å². The predicted octanol–water partition coefficient (Wildman–Crippen LogP) is 4.58. The average molecular weight is 330 g/mol. The highest BCUT2D eigenvalue weighted by molar-refractivity contribution is 5.92. The summed E-state index contributed by atoms with van der Waals surface area (Å²) >= 11 is 0. The van der Waals surface area contributed by atoms with Crippen LogP contribution in [0.25, 0.3) is 0 Å². The van der Waals surface area contributed by atoms with Crippen molar-refractivity contribution in [3.8, 4) is 0 Å². The molecule has 0 radical (unpaired) electrons. The highest BCUT2D eigenvalue weighted by Crippen LogP contribution is 2.23. The van der Waals surface area contributed by atoms with Crippen LogP contribution in [0.3, 0.4) is 0 Å². The van der Waals surface area contributed by atoms with Crippen molar-refractivity contribution in [2.75, 3.05) is 7.11 Å². The van der Waals surface area contributed by atoms with E-state index < -0.39 is 11.9 Å². The van der Waals surface area contributed by atoms with Gasteiger partial charge in [0.25, 0.3) is 0 Å². The topological polar surface area (TPSA) is 52.6 Å².